The van der Waals surface area contributed by atoms with E-state index in [4.69, 9.17) is 9.52 Å². The Balaban J connectivity index is 2.14. The summed E-state index contributed by atoms with van der Waals surface area (Å²) in [6.07, 6.45) is 3.24. The van der Waals surface area contributed by atoms with E-state index in [9.17, 15) is 4.79 Å². The molecule has 0 unspecified atom stereocenters. The molecule has 2 aromatic heterocycles. The molecule has 2 aromatic rings. The first-order valence-electron chi connectivity index (χ1n) is 4.92. The summed E-state index contributed by atoms with van der Waals surface area (Å²) in [4.78, 5) is 10.5. The van der Waals surface area contributed by atoms with Crippen LogP contribution in [0, 0.1) is 6.92 Å². The van der Waals surface area contributed by atoms with Crippen LogP contribution in [0.5, 0.6) is 0 Å². The van der Waals surface area contributed by atoms with Crippen molar-refractivity contribution in [2.45, 2.75) is 18.6 Å². The third-order valence-corrected chi connectivity index (χ3v) is 3.10. The minimum atomic E-state index is -0.870. The van der Waals surface area contributed by atoms with E-state index in [-0.39, 0.29) is 5.75 Å². The van der Waals surface area contributed by atoms with Crippen LogP contribution in [-0.2, 0) is 11.3 Å². The van der Waals surface area contributed by atoms with E-state index in [1.54, 1.807) is 12.5 Å². The van der Waals surface area contributed by atoms with Crippen LogP contribution >= 0.6 is 11.8 Å². The molecule has 0 aliphatic heterocycles. The number of carboxylic acid groups (broad SMARTS) is 1. The van der Waals surface area contributed by atoms with Crippen LogP contribution in [0.15, 0.2) is 28.2 Å². The van der Waals surface area contributed by atoms with Gasteiger partial charge in [-0.15, -0.1) is 10.2 Å². The maximum Gasteiger partial charge on any atom is 0.313 e. The van der Waals surface area contributed by atoms with Gasteiger partial charge in [-0.1, -0.05) is 11.8 Å². The molecule has 17 heavy (non-hydrogen) atoms. The third-order valence-electron chi connectivity index (χ3n) is 2.15. The van der Waals surface area contributed by atoms with Crippen molar-refractivity contribution >= 4 is 17.7 Å². The number of hydrogen-bond donors (Lipinski definition) is 1. The molecule has 2 rings (SSSR count). The normalized spacial score (nSPS) is 10.6. The molecule has 0 bridgehead atoms. The van der Waals surface area contributed by atoms with E-state index in [1.165, 1.54) is 0 Å². The molecule has 0 spiro atoms. The first-order valence-corrected chi connectivity index (χ1v) is 5.91. The molecule has 0 amide bonds. The molecule has 0 atom stereocenters. The van der Waals surface area contributed by atoms with Crippen LogP contribution in [0.1, 0.15) is 11.4 Å². The summed E-state index contributed by atoms with van der Waals surface area (Å²) in [7, 11) is 0. The molecule has 1 N–H and O–H groups in total. The van der Waals surface area contributed by atoms with Crippen LogP contribution < -0.4 is 0 Å². The van der Waals surface area contributed by atoms with Crippen LogP contribution in [0.2, 0.25) is 0 Å². The Hall–Kier alpha value is -1.76. The van der Waals surface area contributed by atoms with Gasteiger partial charge in [-0.3, -0.25) is 4.79 Å². The van der Waals surface area contributed by atoms with Crippen molar-refractivity contribution in [3.05, 3.63) is 30.0 Å². The van der Waals surface area contributed by atoms with Gasteiger partial charge in [0.2, 0.25) is 0 Å². The molecule has 0 saturated carbocycles. The monoisotopic (exact) mass is 253 g/mol. The van der Waals surface area contributed by atoms with Crippen molar-refractivity contribution in [2.24, 2.45) is 0 Å². The highest BCUT2D eigenvalue weighted by Gasteiger charge is 2.11. The highest BCUT2D eigenvalue weighted by Crippen LogP contribution is 2.18. The van der Waals surface area contributed by atoms with Crippen LogP contribution in [-0.4, -0.2) is 31.6 Å². The van der Waals surface area contributed by atoms with Crippen molar-refractivity contribution in [1.82, 2.24) is 14.8 Å². The molecule has 90 valence electrons. The number of rotatable bonds is 5. The molecule has 0 fully saturated rings. The maximum atomic E-state index is 10.5. The average molecular weight is 253 g/mol. The molecule has 0 saturated heterocycles. The second-order valence-corrected chi connectivity index (χ2v) is 4.37. The average Bonchev–Trinajstić information content (AvgIpc) is 2.89. The number of aryl methyl sites for hydroxylation is 1. The SMILES string of the molecule is Cc1nnc(SCC(=O)O)n1Cc1ccoc1. The zero-order chi connectivity index (χ0) is 12.3. The fourth-order valence-electron chi connectivity index (χ4n) is 1.34. The van der Waals surface area contributed by atoms with Gasteiger partial charge in [0.1, 0.15) is 5.82 Å². The van der Waals surface area contributed by atoms with E-state index in [0.717, 1.165) is 23.1 Å². The van der Waals surface area contributed by atoms with Crippen molar-refractivity contribution in [1.29, 1.82) is 0 Å². The number of aliphatic carboxylic acids is 1. The maximum absolute atomic E-state index is 10.5. The lowest BCUT2D eigenvalue weighted by molar-refractivity contribution is -0.133. The zero-order valence-electron chi connectivity index (χ0n) is 9.16. The largest absolute Gasteiger partial charge is 0.481 e. The van der Waals surface area contributed by atoms with Crippen molar-refractivity contribution < 1.29 is 14.3 Å². The molecule has 7 heteroatoms. The van der Waals surface area contributed by atoms with Crippen LogP contribution in [0.3, 0.4) is 0 Å². The minimum Gasteiger partial charge on any atom is -0.481 e. The Morgan fingerprint density at radius 3 is 3.06 bits per heavy atom. The Morgan fingerprint density at radius 2 is 2.41 bits per heavy atom. The van der Waals surface area contributed by atoms with Gasteiger partial charge in [-0.25, -0.2) is 0 Å². The van der Waals surface area contributed by atoms with Crippen molar-refractivity contribution in [3.63, 3.8) is 0 Å². The molecule has 0 aliphatic carbocycles. The van der Waals surface area contributed by atoms with Gasteiger partial charge in [0.25, 0.3) is 0 Å². The predicted octanol–water partition coefficient (Wildman–Crippen LogP) is 1.40. The number of aromatic nitrogens is 3. The second kappa shape index (κ2) is 5.05. The Morgan fingerprint density at radius 1 is 1.59 bits per heavy atom. The van der Waals surface area contributed by atoms with Crippen molar-refractivity contribution in [3.8, 4) is 0 Å². The number of carboxylic acids is 1. The molecular weight excluding hydrogens is 242 g/mol. The summed E-state index contributed by atoms with van der Waals surface area (Å²) in [6, 6.07) is 1.85. The van der Waals surface area contributed by atoms with E-state index in [0.29, 0.717) is 11.7 Å². The summed E-state index contributed by atoms with van der Waals surface area (Å²) in [6.45, 7) is 2.41. The molecule has 0 aromatic carbocycles. The highest BCUT2D eigenvalue weighted by molar-refractivity contribution is 7.99. The van der Waals surface area contributed by atoms with Gasteiger partial charge >= 0.3 is 5.97 Å². The molecular formula is C10H11N3O3S. The predicted molar refractivity (Wildman–Crippen MR) is 60.9 cm³/mol. The Kier molecular flexibility index (Phi) is 3.48. The molecule has 0 radical (unpaired) electrons. The molecule has 6 nitrogen and oxygen atoms in total. The van der Waals surface area contributed by atoms with E-state index in [1.807, 2.05) is 17.6 Å². The number of furan rings is 1. The lowest BCUT2D eigenvalue weighted by Crippen LogP contribution is -2.05. The Labute approximate surface area is 102 Å². The first kappa shape index (κ1) is 11.7. The van der Waals surface area contributed by atoms with Crippen LogP contribution in [0.4, 0.5) is 0 Å². The molecule has 0 aliphatic rings. The van der Waals surface area contributed by atoms with Gasteiger partial charge in [-0.2, -0.15) is 0 Å². The van der Waals surface area contributed by atoms with Gasteiger partial charge < -0.3 is 14.1 Å². The number of carbonyl (C=O) groups is 1. The van der Waals surface area contributed by atoms with Gasteiger partial charge in [0.05, 0.1) is 24.8 Å². The Bertz CT molecular complexity index is 507. The summed E-state index contributed by atoms with van der Waals surface area (Å²) in [5.41, 5.74) is 0.991. The topological polar surface area (TPSA) is 81.1 Å². The zero-order valence-corrected chi connectivity index (χ0v) is 9.98. The molecule has 2 heterocycles. The number of nitrogens with zero attached hydrogens (tertiary/aromatic N) is 3. The second-order valence-electron chi connectivity index (χ2n) is 3.43. The van der Waals surface area contributed by atoms with E-state index in [2.05, 4.69) is 10.2 Å². The summed E-state index contributed by atoms with van der Waals surface area (Å²) in [5, 5.41) is 17.1. The van der Waals surface area contributed by atoms with Gasteiger partial charge in [0.15, 0.2) is 5.16 Å². The van der Waals surface area contributed by atoms with Gasteiger partial charge in [-0.05, 0) is 13.0 Å². The highest BCUT2D eigenvalue weighted by atomic mass is 32.2. The minimum absolute atomic E-state index is 0.0243. The lowest BCUT2D eigenvalue weighted by atomic mass is 10.3. The third kappa shape index (κ3) is 2.88. The lowest BCUT2D eigenvalue weighted by Gasteiger charge is -2.05. The smallest absolute Gasteiger partial charge is 0.313 e. The van der Waals surface area contributed by atoms with Gasteiger partial charge in [0, 0.05) is 5.56 Å². The summed E-state index contributed by atoms with van der Waals surface area (Å²) in [5.74, 6) is -0.145. The summed E-state index contributed by atoms with van der Waals surface area (Å²) >= 11 is 1.16. The van der Waals surface area contributed by atoms with E-state index >= 15 is 0 Å². The number of hydrogen-bond acceptors (Lipinski definition) is 5. The van der Waals surface area contributed by atoms with Crippen LogP contribution in [0.25, 0.3) is 0 Å². The number of thioether (sulfide) groups is 1. The standard InChI is InChI=1S/C10H11N3O3S/c1-7-11-12-10(17-6-9(14)15)13(7)4-8-2-3-16-5-8/h2-3,5H,4,6H2,1H3,(H,14,15). The summed E-state index contributed by atoms with van der Waals surface area (Å²) < 4.78 is 6.85. The quantitative estimate of drug-likeness (QED) is 0.811. The fourth-order valence-corrected chi connectivity index (χ4v) is 2.05. The van der Waals surface area contributed by atoms with Crippen molar-refractivity contribution in [2.75, 3.05) is 5.75 Å². The fraction of sp³-hybridized carbons (Fsp3) is 0.300. The van der Waals surface area contributed by atoms with E-state index < -0.39 is 5.97 Å². The first-order chi connectivity index (χ1) is 8.16.